The second-order valence-electron chi connectivity index (χ2n) is 10.3. The average Bonchev–Trinajstić information content (AvgIpc) is 3.05. The third kappa shape index (κ3) is 3.61. The van der Waals surface area contributed by atoms with Gasteiger partial charge in [-0.1, -0.05) is 46.8 Å². The van der Waals surface area contributed by atoms with Crippen molar-refractivity contribution in [3.05, 3.63) is 12.2 Å². The van der Waals surface area contributed by atoms with Crippen LogP contribution in [0, 0.1) is 46.8 Å². The van der Waals surface area contributed by atoms with Crippen molar-refractivity contribution in [3.63, 3.8) is 0 Å². The third-order valence-electron chi connectivity index (χ3n) is 8.78. The lowest BCUT2D eigenvalue weighted by Gasteiger charge is -2.54. The second-order valence-corrected chi connectivity index (χ2v) is 10.3. The van der Waals surface area contributed by atoms with Gasteiger partial charge in [-0.15, -0.1) is 0 Å². The van der Waals surface area contributed by atoms with Gasteiger partial charge >= 0.3 is 0 Å². The lowest BCUT2D eigenvalue weighted by Crippen LogP contribution is -2.46. The third-order valence-corrected chi connectivity index (χ3v) is 8.78. The Morgan fingerprint density at radius 1 is 0.800 bits per heavy atom. The first-order valence-electron chi connectivity index (χ1n) is 11.7. The van der Waals surface area contributed by atoms with Gasteiger partial charge in [0.1, 0.15) is 0 Å². The van der Waals surface area contributed by atoms with Crippen molar-refractivity contribution in [2.45, 2.75) is 98.8 Å². The summed E-state index contributed by atoms with van der Waals surface area (Å²) in [5.41, 5.74) is 2.20. The minimum absolute atomic E-state index is 0.628. The average molecular weight is 345 g/mol. The second kappa shape index (κ2) is 7.77. The molecule has 4 fully saturated rings. The van der Waals surface area contributed by atoms with E-state index in [4.69, 9.17) is 0 Å². The zero-order valence-electron chi connectivity index (χ0n) is 17.8. The number of fused-ring (bicyclic) bond motifs is 5. The molecule has 0 amide bonds. The first kappa shape index (κ1) is 19.5. The van der Waals surface area contributed by atoms with Crippen molar-refractivity contribution >= 4 is 0 Å². The van der Waals surface area contributed by atoms with Crippen LogP contribution in [0.2, 0.25) is 0 Å². The first-order valence-corrected chi connectivity index (χ1v) is 11.7. The fraction of sp³-hybridized carbons (Fsp3) is 0.920. The molecule has 0 radical (unpaired) electrons. The Morgan fingerprint density at radius 2 is 1.36 bits per heavy atom. The molecule has 0 aromatic rings. The van der Waals surface area contributed by atoms with Gasteiger partial charge in [-0.3, -0.25) is 0 Å². The molecule has 4 aliphatic carbocycles. The molecule has 4 rings (SSSR count). The Labute approximate surface area is 158 Å². The number of hydrogen-bond acceptors (Lipinski definition) is 0. The summed E-state index contributed by atoms with van der Waals surface area (Å²) in [5, 5.41) is 0. The van der Waals surface area contributed by atoms with E-state index in [1.807, 2.05) is 13.8 Å². The van der Waals surface area contributed by atoms with Gasteiger partial charge < -0.3 is 0 Å². The van der Waals surface area contributed by atoms with Crippen molar-refractivity contribution in [2.24, 2.45) is 46.8 Å². The molecule has 0 N–H and O–H groups in total. The maximum Gasteiger partial charge on any atom is -0.0175 e. The van der Waals surface area contributed by atoms with Gasteiger partial charge in [0.05, 0.1) is 0 Å². The molecule has 0 heterocycles. The highest BCUT2D eigenvalue weighted by Gasteiger charge is 2.52. The molecule has 7 atom stereocenters. The summed E-state index contributed by atoms with van der Waals surface area (Å²) in [4.78, 5) is 0. The van der Waals surface area contributed by atoms with E-state index in [1.54, 1.807) is 31.3 Å². The fourth-order valence-electron chi connectivity index (χ4n) is 7.73. The van der Waals surface area contributed by atoms with Crippen LogP contribution in [0.5, 0.6) is 0 Å². The summed E-state index contributed by atoms with van der Waals surface area (Å²) in [6.45, 7) is 15.8. The number of rotatable bonds is 2. The summed E-state index contributed by atoms with van der Waals surface area (Å²) < 4.78 is 0. The topological polar surface area (TPSA) is 0 Å². The van der Waals surface area contributed by atoms with E-state index in [1.165, 1.54) is 38.5 Å². The van der Waals surface area contributed by atoms with Crippen LogP contribution in [0.1, 0.15) is 98.8 Å². The zero-order valence-corrected chi connectivity index (χ0v) is 17.8. The minimum Gasteiger partial charge on any atom is -0.0996 e. The Kier molecular flexibility index (Phi) is 6.06. The van der Waals surface area contributed by atoms with E-state index in [0.717, 1.165) is 41.4 Å². The Morgan fingerprint density at radius 3 is 2.08 bits per heavy atom. The van der Waals surface area contributed by atoms with E-state index in [-0.39, 0.29) is 0 Å². The standard InChI is InChI=1S/C23H38.C2H6/c1-5-15(2)17-8-9-22-19(17)10-11-20-18-12-13-23(3,4)14-16(18)6-7-21(20)22;1-2/h16-22H,2,5-14H2,1,3-4H3;1-2H3. The van der Waals surface area contributed by atoms with Crippen LogP contribution in [0.3, 0.4) is 0 Å². The Hall–Kier alpha value is -0.260. The van der Waals surface area contributed by atoms with Crippen molar-refractivity contribution in [1.82, 2.24) is 0 Å². The molecule has 0 nitrogen and oxygen atoms in total. The van der Waals surface area contributed by atoms with E-state index in [2.05, 4.69) is 27.4 Å². The highest BCUT2D eigenvalue weighted by Crippen LogP contribution is 2.61. The molecule has 0 aromatic carbocycles. The number of allylic oxidation sites excluding steroid dienone is 1. The van der Waals surface area contributed by atoms with Crippen LogP contribution in [0.15, 0.2) is 12.2 Å². The lowest BCUT2D eigenvalue weighted by atomic mass is 9.51. The summed E-state index contributed by atoms with van der Waals surface area (Å²) in [6, 6.07) is 0. The lowest BCUT2D eigenvalue weighted by molar-refractivity contribution is -0.0448. The quantitative estimate of drug-likeness (QED) is 0.447. The van der Waals surface area contributed by atoms with Gasteiger partial charge in [0.25, 0.3) is 0 Å². The molecule has 0 heteroatoms. The largest absolute Gasteiger partial charge is 0.0996 e. The maximum atomic E-state index is 4.43. The van der Waals surface area contributed by atoms with Crippen molar-refractivity contribution in [1.29, 1.82) is 0 Å². The zero-order chi connectivity index (χ0) is 18.2. The summed E-state index contributed by atoms with van der Waals surface area (Å²) in [6.07, 6.45) is 15.0. The molecule has 4 aliphatic rings. The normalized spacial score (nSPS) is 44.6. The molecule has 0 spiro atoms. The van der Waals surface area contributed by atoms with Crippen LogP contribution in [0.4, 0.5) is 0 Å². The minimum atomic E-state index is 0.628. The Balaban J connectivity index is 0.000000880. The molecule has 0 bridgehead atoms. The van der Waals surface area contributed by atoms with Gasteiger partial charge in [0.15, 0.2) is 0 Å². The summed E-state index contributed by atoms with van der Waals surface area (Å²) >= 11 is 0. The molecular formula is C25H44. The van der Waals surface area contributed by atoms with Crippen LogP contribution < -0.4 is 0 Å². The molecular weight excluding hydrogens is 300 g/mol. The summed E-state index contributed by atoms with van der Waals surface area (Å²) in [7, 11) is 0. The van der Waals surface area contributed by atoms with Gasteiger partial charge in [-0.2, -0.15) is 0 Å². The molecule has 144 valence electrons. The van der Waals surface area contributed by atoms with Crippen molar-refractivity contribution in [3.8, 4) is 0 Å². The smallest absolute Gasteiger partial charge is 0.0175 e. The van der Waals surface area contributed by atoms with Crippen LogP contribution in [0.25, 0.3) is 0 Å². The molecule has 4 saturated carbocycles. The van der Waals surface area contributed by atoms with Gasteiger partial charge in [0, 0.05) is 0 Å². The van der Waals surface area contributed by atoms with E-state index in [0.29, 0.717) is 5.41 Å². The summed E-state index contributed by atoms with van der Waals surface area (Å²) in [5.74, 6) is 7.31. The van der Waals surface area contributed by atoms with E-state index in [9.17, 15) is 0 Å². The predicted molar refractivity (Wildman–Crippen MR) is 111 cm³/mol. The predicted octanol–water partition coefficient (Wildman–Crippen LogP) is 7.88. The van der Waals surface area contributed by atoms with Crippen molar-refractivity contribution in [2.75, 3.05) is 0 Å². The van der Waals surface area contributed by atoms with E-state index < -0.39 is 0 Å². The van der Waals surface area contributed by atoms with Gasteiger partial charge in [-0.05, 0) is 111 Å². The molecule has 0 aromatic heterocycles. The van der Waals surface area contributed by atoms with Gasteiger partial charge in [0.2, 0.25) is 0 Å². The fourth-order valence-corrected chi connectivity index (χ4v) is 7.73. The van der Waals surface area contributed by atoms with Gasteiger partial charge in [-0.25, -0.2) is 0 Å². The SMILES string of the molecule is C=C(CC)C1CCC2C1CCC1C3CCC(C)(C)CC3CCC12.CC. The number of hydrogen-bond donors (Lipinski definition) is 0. The van der Waals surface area contributed by atoms with Crippen LogP contribution in [-0.2, 0) is 0 Å². The maximum absolute atomic E-state index is 4.43. The van der Waals surface area contributed by atoms with Crippen LogP contribution in [-0.4, -0.2) is 0 Å². The molecule has 0 aliphatic heterocycles. The van der Waals surface area contributed by atoms with E-state index >= 15 is 0 Å². The molecule has 0 saturated heterocycles. The molecule has 7 unspecified atom stereocenters. The monoisotopic (exact) mass is 344 g/mol. The highest BCUT2D eigenvalue weighted by atomic mass is 14.6. The van der Waals surface area contributed by atoms with Crippen molar-refractivity contribution < 1.29 is 0 Å². The van der Waals surface area contributed by atoms with Crippen LogP contribution >= 0.6 is 0 Å². The molecule has 25 heavy (non-hydrogen) atoms. The highest BCUT2D eigenvalue weighted by molar-refractivity contribution is 5.10. The Bertz CT molecular complexity index is 459. The first-order chi connectivity index (χ1) is 12.0.